The summed E-state index contributed by atoms with van der Waals surface area (Å²) < 4.78 is 0. The van der Waals surface area contributed by atoms with Crippen molar-refractivity contribution in [1.29, 1.82) is 0 Å². The molecule has 2 nitrogen and oxygen atoms in total. The van der Waals surface area contributed by atoms with Gasteiger partial charge in [0.25, 0.3) is 0 Å². The molecule has 0 aromatic carbocycles. The highest BCUT2D eigenvalue weighted by molar-refractivity contribution is 5.01. The predicted octanol–water partition coefficient (Wildman–Crippen LogP) is 2.11. The fraction of sp³-hybridized carbons (Fsp3) is 0.857. The number of hydrogen-bond acceptors (Lipinski definition) is 2. The quantitative estimate of drug-likeness (QED) is 0.720. The lowest BCUT2D eigenvalue weighted by atomic mass is 9.84. The van der Waals surface area contributed by atoms with Gasteiger partial charge >= 0.3 is 0 Å². The molecule has 1 heterocycles. The van der Waals surface area contributed by atoms with Gasteiger partial charge in [-0.2, -0.15) is 0 Å². The zero-order valence-corrected chi connectivity index (χ0v) is 11.4. The van der Waals surface area contributed by atoms with E-state index in [1.165, 1.54) is 6.42 Å². The van der Waals surface area contributed by atoms with Crippen LogP contribution in [0.4, 0.5) is 0 Å². The molecule has 16 heavy (non-hydrogen) atoms. The fourth-order valence-corrected chi connectivity index (χ4v) is 2.21. The molecule has 2 unspecified atom stereocenters. The minimum absolute atomic E-state index is 0.330. The third-order valence-corrected chi connectivity index (χ3v) is 3.51. The van der Waals surface area contributed by atoms with Crippen LogP contribution in [0.25, 0.3) is 0 Å². The molecule has 92 valence electrons. The Morgan fingerprint density at radius 2 is 2.06 bits per heavy atom. The minimum atomic E-state index is 0.330. The van der Waals surface area contributed by atoms with E-state index < -0.39 is 0 Å². The highest BCUT2D eigenvalue weighted by atomic mass is 15.2. The number of nitrogens with zero attached hydrogens (tertiary/aromatic N) is 1. The van der Waals surface area contributed by atoms with Gasteiger partial charge in [-0.25, -0.2) is 0 Å². The largest absolute Gasteiger partial charge is 0.311 e. The molecule has 1 saturated heterocycles. The average Bonchev–Trinajstić information content (AvgIpc) is 2.24. The molecule has 1 aliphatic rings. The van der Waals surface area contributed by atoms with Crippen molar-refractivity contribution in [2.24, 2.45) is 5.41 Å². The van der Waals surface area contributed by atoms with E-state index >= 15 is 0 Å². The van der Waals surface area contributed by atoms with Gasteiger partial charge in [0, 0.05) is 25.2 Å². The molecule has 0 radical (unpaired) electrons. The van der Waals surface area contributed by atoms with Crippen LogP contribution < -0.4 is 5.32 Å². The van der Waals surface area contributed by atoms with Crippen molar-refractivity contribution >= 4 is 0 Å². The summed E-state index contributed by atoms with van der Waals surface area (Å²) in [6.45, 7) is 14.2. The summed E-state index contributed by atoms with van der Waals surface area (Å²) in [4.78, 5) is 2.53. The van der Waals surface area contributed by atoms with Crippen molar-refractivity contribution in [2.45, 2.75) is 53.1 Å². The van der Waals surface area contributed by atoms with Crippen molar-refractivity contribution in [1.82, 2.24) is 10.2 Å². The predicted molar refractivity (Wildman–Crippen MR) is 70.3 cm³/mol. The summed E-state index contributed by atoms with van der Waals surface area (Å²) in [5, 5.41) is 3.68. The maximum absolute atomic E-state index is 3.68. The van der Waals surface area contributed by atoms with Crippen molar-refractivity contribution in [2.75, 3.05) is 19.6 Å². The zero-order valence-electron chi connectivity index (χ0n) is 11.4. The highest BCUT2D eigenvalue weighted by Crippen LogP contribution is 2.23. The molecule has 0 aromatic heterocycles. The Bertz CT molecular complexity index is 267. The first-order valence-electron chi connectivity index (χ1n) is 6.36. The molecule has 0 aliphatic carbocycles. The Kier molecular flexibility index (Phi) is 4.83. The van der Waals surface area contributed by atoms with Gasteiger partial charge in [0.15, 0.2) is 0 Å². The second kappa shape index (κ2) is 5.70. The standard InChI is InChI=1S/C14H26N2/c1-6-8-9-16-11-13(14(3,4)5)15-10-12(16)7-2/h12-13,15H,7,9-11H2,1-5H3. The molecule has 0 aromatic rings. The molecular weight excluding hydrogens is 196 g/mol. The lowest BCUT2D eigenvalue weighted by Crippen LogP contribution is -2.60. The van der Waals surface area contributed by atoms with E-state index in [-0.39, 0.29) is 0 Å². The van der Waals surface area contributed by atoms with E-state index in [9.17, 15) is 0 Å². The summed E-state index contributed by atoms with van der Waals surface area (Å²) >= 11 is 0. The van der Waals surface area contributed by atoms with Gasteiger partial charge in [-0.3, -0.25) is 4.90 Å². The summed E-state index contributed by atoms with van der Waals surface area (Å²) in [6, 6.07) is 1.23. The van der Waals surface area contributed by atoms with Crippen LogP contribution in [0.1, 0.15) is 41.0 Å². The molecular formula is C14H26N2. The zero-order chi connectivity index (χ0) is 12.2. The van der Waals surface area contributed by atoms with Gasteiger partial charge in [-0.05, 0) is 18.8 Å². The minimum Gasteiger partial charge on any atom is -0.311 e. The molecule has 0 amide bonds. The fourth-order valence-electron chi connectivity index (χ4n) is 2.21. The van der Waals surface area contributed by atoms with E-state index in [1.807, 2.05) is 6.92 Å². The van der Waals surface area contributed by atoms with Crippen LogP contribution in [0.15, 0.2) is 0 Å². The normalized spacial score (nSPS) is 27.3. The van der Waals surface area contributed by atoms with Crippen LogP contribution in [0.2, 0.25) is 0 Å². The van der Waals surface area contributed by atoms with E-state index in [4.69, 9.17) is 0 Å². The van der Waals surface area contributed by atoms with Gasteiger partial charge < -0.3 is 5.32 Å². The third kappa shape index (κ3) is 3.50. The lowest BCUT2D eigenvalue weighted by molar-refractivity contribution is 0.0955. The molecule has 0 bridgehead atoms. The summed E-state index contributed by atoms with van der Waals surface area (Å²) in [7, 11) is 0. The topological polar surface area (TPSA) is 15.3 Å². The van der Waals surface area contributed by atoms with E-state index in [0.29, 0.717) is 17.5 Å². The second-order valence-electron chi connectivity index (χ2n) is 5.75. The van der Waals surface area contributed by atoms with Crippen LogP contribution in [-0.2, 0) is 0 Å². The first kappa shape index (κ1) is 13.5. The van der Waals surface area contributed by atoms with E-state index in [2.05, 4.69) is 49.8 Å². The van der Waals surface area contributed by atoms with Crippen molar-refractivity contribution < 1.29 is 0 Å². The molecule has 2 atom stereocenters. The number of piperazine rings is 1. The van der Waals surface area contributed by atoms with Crippen LogP contribution in [0.5, 0.6) is 0 Å². The first-order valence-corrected chi connectivity index (χ1v) is 6.36. The van der Waals surface area contributed by atoms with Gasteiger partial charge in [-0.1, -0.05) is 33.6 Å². The molecule has 0 spiro atoms. The van der Waals surface area contributed by atoms with E-state index in [1.54, 1.807) is 0 Å². The first-order chi connectivity index (χ1) is 7.49. The van der Waals surface area contributed by atoms with Gasteiger partial charge in [0.05, 0.1) is 6.54 Å². The molecule has 1 fully saturated rings. The van der Waals surface area contributed by atoms with Crippen molar-refractivity contribution in [3.05, 3.63) is 0 Å². The smallest absolute Gasteiger partial charge is 0.0604 e. The SMILES string of the molecule is CC#CCN1CC(C(C)(C)C)NCC1CC. The summed E-state index contributed by atoms with van der Waals surface area (Å²) in [5.74, 6) is 6.20. The van der Waals surface area contributed by atoms with Crippen molar-refractivity contribution in [3.8, 4) is 11.8 Å². The van der Waals surface area contributed by atoms with Crippen LogP contribution in [0.3, 0.4) is 0 Å². The third-order valence-electron chi connectivity index (χ3n) is 3.51. The molecule has 2 heteroatoms. The Hall–Kier alpha value is -0.520. The average molecular weight is 222 g/mol. The monoisotopic (exact) mass is 222 g/mol. The van der Waals surface area contributed by atoms with Gasteiger partial charge in [-0.15, -0.1) is 5.92 Å². The van der Waals surface area contributed by atoms with Gasteiger partial charge in [0.2, 0.25) is 0 Å². The van der Waals surface area contributed by atoms with E-state index in [0.717, 1.165) is 19.6 Å². The highest BCUT2D eigenvalue weighted by Gasteiger charge is 2.32. The summed E-state index contributed by atoms with van der Waals surface area (Å²) in [5.41, 5.74) is 0.330. The summed E-state index contributed by atoms with van der Waals surface area (Å²) in [6.07, 6.45) is 1.20. The number of nitrogens with one attached hydrogen (secondary N) is 1. The van der Waals surface area contributed by atoms with Crippen LogP contribution in [-0.4, -0.2) is 36.6 Å². The number of rotatable bonds is 2. The Balaban J connectivity index is 2.64. The Labute approximate surface area is 101 Å². The van der Waals surface area contributed by atoms with Crippen molar-refractivity contribution in [3.63, 3.8) is 0 Å². The second-order valence-corrected chi connectivity index (χ2v) is 5.75. The Morgan fingerprint density at radius 1 is 1.38 bits per heavy atom. The lowest BCUT2D eigenvalue weighted by Gasteiger charge is -2.44. The van der Waals surface area contributed by atoms with Gasteiger partial charge in [0.1, 0.15) is 0 Å². The number of hydrogen-bond donors (Lipinski definition) is 1. The maximum Gasteiger partial charge on any atom is 0.0604 e. The maximum atomic E-state index is 3.68. The molecule has 0 saturated carbocycles. The molecule has 1 aliphatic heterocycles. The Morgan fingerprint density at radius 3 is 2.56 bits per heavy atom. The molecule has 1 rings (SSSR count). The van der Waals surface area contributed by atoms with Crippen LogP contribution in [0, 0.1) is 17.3 Å². The van der Waals surface area contributed by atoms with Crippen LogP contribution >= 0.6 is 0 Å². The molecule has 1 N–H and O–H groups in total.